The third-order valence-electron chi connectivity index (χ3n) is 2.53. The van der Waals surface area contributed by atoms with Crippen LogP contribution in [0.25, 0.3) is 0 Å². The van der Waals surface area contributed by atoms with E-state index in [-0.39, 0.29) is 6.04 Å². The van der Waals surface area contributed by atoms with Crippen molar-refractivity contribution < 1.29 is 13.2 Å². The maximum Gasteiger partial charge on any atom is 0.435 e. The van der Waals surface area contributed by atoms with Crippen molar-refractivity contribution in [2.24, 2.45) is 5.92 Å². The lowest BCUT2D eigenvalue weighted by Gasteiger charge is -2.15. The highest BCUT2D eigenvalue weighted by Gasteiger charge is 2.32. The summed E-state index contributed by atoms with van der Waals surface area (Å²) in [7, 11) is 0. The molecule has 1 heterocycles. The lowest BCUT2D eigenvalue weighted by molar-refractivity contribution is -0.141. The molecule has 1 unspecified atom stereocenters. The van der Waals surface area contributed by atoms with Crippen molar-refractivity contribution in [2.75, 3.05) is 5.32 Å². The zero-order valence-corrected chi connectivity index (χ0v) is 10.8. The Morgan fingerprint density at radius 1 is 1.11 bits per heavy atom. The molecule has 0 amide bonds. The van der Waals surface area contributed by atoms with Gasteiger partial charge in [-0.25, -0.2) is 0 Å². The van der Waals surface area contributed by atoms with E-state index in [2.05, 4.69) is 29.4 Å². The predicted octanol–water partition coefficient (Wildman–Crippen LogP) is 3.73. The SMILES string of the molecule is CC(C)CCC(C)Nc1ccc(C(F)(F)F)nn1. The molecule has 0 saturated heterocycles. The molecule has 3 nitrogen and oxygen atoms in total. The first-order valence-corrected chi connectivity index (χ1v) is 5.96. The number of hydrogen-bond acceptors (Lipinski definition) is 3. The Kier molecular flexibility index (Phi) is 4.93. The smallest absolute Gasteiger partial charge is 0.366 e. The van der Waals surface area contributed by atoms with Crippen molar-refractivity contribution >= 4 is 5.82 Å². The van der Waals surface area contributed by atoms with Gasteiger partial charge in [0.05, 0.1) is 0 Å². The van der Waals surface area contributed by atoms with Crippen LogP contribution in [0.3, 0.4) is 0 Å². The molecule has 0 saturated carbocycles. The molecule has 0 aliphatic heterocycles. The molecule has 1 rings (SSSR count). The first-order chi connectivity index (χ1) is 8.29. The van der Waals surface area contributed by atoms with Crippen molar-refractivity contribution in [1.29, 1.82) is 0 Å². The number of hydrogen-bond donors (Lipinski definition) is 1. The number of nitrogens with zero attached hydrogens (tertiary/aromatic N) is 2. The quantitative estimate of drug-likeness (QED) is 0.877. The van der Waals surface area contributed by atoms with E-state index in [9.17, 15) is 13.2 Å². The van der Waals surface area contributed by atoms with Gasteiger partial charge < -0.3 is 5.32 Å². The van der Waals surface area contributed by atoms with Crippen LogP contribution in [0.1, 0.15) is 39.3 Å². The first kappa shape index (κ1) is 14.7. The van der Waals surface area contributed by atoms with Gasteiger partial charge in [-0.1, -0.05) is 13.8 Å². The van der Waals surface area contributed by atoms with E-state index in [4.69, 9.17) is 0 Å². The van der Waals surface area contributed by atoms with Gasteiger partial charge in [-0.2, -0.15) is 13.2 Å². The molecule has 102 valence electrons. The molecule has 18 heavy (non-hydrogen) atoms. The monoisotopic (exact) mass is 261 g/mol. The zero-order chi connectivity index (χ0) is 13.8. The van der Waals surface area contributed by atoms with E-state index in [1.165, 1.54) is 6.07 Å². The van der Waals surface area contributed by atoms with E-state index in [0.29, 0.717) is 11.7 Å². The van der Waals surface area contributed by atoms with Gasteiger partial charge in [-0.05, 0) is 37.8 Å². The van der Waals surface area contributed by atoms with Crippen LogP contribution in [-0.2, 0) is 6.18 Å². The lowest BCUT2D eigenvalue weighted by atomic mass is 10.0. The maximum atomic E-state index is 12.3. The Morgan fingerprint density at radius 3 is 2.22 bits per heavy atom. The van der Waals surface area contributed by atoms with Gasteiger partial charge in [-0.3, -0.25) is 0 Å². The average Bonchev–Trinajstić information content (AvgIpc) is 2.26. The minimum absolute atomic E-state index is 0.165. The van der Waals surface area contributed by atoms with Gasteiger partial charge >= 0.3 is 6.18 Å². The third kappa shape index (κ3) is 4.89. The summed E-state index contributed by atoms with van der Waals surface area (Å²) in [6.07, 6.45) is -2.43. The Bertz CT molecular complexity index is 360. The van der Waals surface area contributed by atoms with Gasteiger partial charge in [0.2, 0.25) is 0 Å². The lowest BCUT2D eigenvalue weighted by Crippen LogP contribution is -2.18. The Hall–Kier alpha value is -1.33. The normalized spacial score (nSPS) is 13.7. The highest BCUT2D eigenvalue weighted by Crippen LogP contribution is 2.27. The largest absolute Gasteiger partial charge is 0.435 e. The van der Waals surface area contributed by atoms with Crippen molar-refractivity contribution in [3.63, 3.8) is 0 Å². The summed E-state index contributed by atoms with van der Waals surface area (Å²) >= 11 is 0. The Labute approximate surface area is 105 Å². The number of anilines is 1. The third-order valence-corrected chi connectivity index (χ3v) is 2.53. The second-order valence-corrected chi connectivity index (χ2v) is 4.82. The van der Waals surface area contributed by atoms with Crippen LogP contribution in [0.2, 0.25) is 0 Å². The Balaban J connectivity index is 2.53. The predicted molar refractivity (Wildman–Crippen MR) is 64.2 cm³/mol. The van der Waals surface area contributed by atoms with Crippen molar-refractivity contribution in [1.82, 2.24) is 10.2 Å². The second kappa shape index (κ2) is 6.02. The van der Waals surface area contributed by atoms with Crippen LogP contribution >= 0.6 is 0 Å². The Morgan fingerprint density at radius 2 is 1.78 bits per heavy atom. The number of alkyl halides is 3. The molecule has 0 radical (unpaired) electrons. The summed E-state index contributed by atoms with van der Waals surface area (Å²) in [6.45, 7) is 6.23. The van der Waals surface area contributed by atoms with Crippen LogP contribution in [0, 0.1) is 5.92 Å². The molecule has 0 fully saturated rings. The van der Waals surface area contributed by atoms with Crippen LogP contribution in [0.5, 0.6) is 0 Å². The summed E-state index contributed by atoms with van der Waals surface area (Å²) in [5.41, 5.74) is -0.970. The summed E-state index contributed by atoms with van der Waals surface area (Å²) in [4.78, 5) is 0. The average molecular weight is 261 g/mol. The minimum atomic E-state index is -4.44. The van der Waals surface area contributed by atoms with Crippen LogP contribution in [-0.4, -0.2) is 16.2 Å². The van der Waals surface area contributed by atoms with Crippen LogP contribution in [0.4, 0.5) is 19.0 Å². The van der Waals surface area contributed by atoms with Crippen LogP contribution in [0.15, 0.2) is 12.1 Å². The van der Waals surface area contributed by atoms with Crippen molar-refractivity contribution in [2.45, 2.75) is 45.8 Å². The molecule has 1 aromatic rings. The van der Waals surface area contributed by atoms with Gasteiger partial charge in [-0.15, -0.1) is 10.2 Å². The molecule has 0 aromatic carbocycles. The summed E-state index contributed by atoms with van der Waals surface area (Å²) in [6, 6.07) is 2.41. The standard InChI is InChI=1S/C12H18F3N3/c1-8(2)4-5-9(3)16-11-7-6-10(17-18-11)12(13,14)15/h6-9H,4-5H2,1-3H3,(H,16,18). The summed E-state index contributed by atoms with van der Waals surface area (Å²) in [5, 5.41) is 9.73. The fourth-order valence-electron chi connectivity index (χ4n) is 1.47. The van der Waals surface area contributed by atoms with Gasteiger partial charge in [0.1, 0.15) is 5.82 Å². The molecule has 0 bridgehead atoms. The zero-order valence-electron chi connectivity index (χ0n) is 10.8. The van der Waals surface area contributed by atoms with E-state index in [1.807, 2.05) is 6.92 Å². The molecular formula is C12H18F3N3. The number of rotatable bonds is 5. The molecular weight excluding hydrogens is 243 g/mol. The number of aromatic nitrogens is 2. The summed E-state index contributed by atoms with van der Waals surface area (Å²) < 4.78 is 36.8. The topological polar surface area (TPSA) is 37.8 Å². The first-order valence-electron chi connectivity index (χ1n) is 5.96. The highest BCUT2D eigenvalue weighted by molar-refractivity contribution is 5.34. The molecule has 0 aliphatic rings. The van der Waals surface area contributed by atoms with Crippen molar-refractivity contribution in [3.05, 3.63) is 17.8 Å². The molecule has 6 heteroatoms. The van der Waals surface area contributed by atoms with E-state index in [1.54, 1.807) is 0 Å². The van der Waals surface area contributed by atoms with Gasteiger partial charge in [0.15, 0.2) is 5.69 Å². The number of halogens is 3. The molecule has 0 spiro atoms. The van der Waals surface area contributed by atoms with Gasteiger partial charge in [0.25, 0.3) is 0 Å². The highest BCUT2D eigenvalue weighted by atomic mass is 19.4. The van der Waals surface area contributed by atoms with Crippen LogP contribution < -0.4 is 5.32 Å². The van der Waals surface area contributed by atoms with Gasteiger partial charge in [0, 0.05) is 6.04 Å². The second-order valence-electron chi connectivity index (χ2n) is 4.82. The fourth-order valence-corrected chi connectivity index (χ4v) is 1.47. The van der Waals surface area contributed by atoms with Crippen molar-refractivity contribution in [3.8, 4) is 0 Å². The van der Waals surface area contributed by atoms with E-state index >= 15 is 0 Å². The fraction of sp³-hybridized carbons (Fsp3) is 0.667. The summed E-state index contributed by atoms with van der Waals surface area (Å²) in [5.74, 6) is 0.979. The molecule has 1 atom stereocenters. The minimum Gasteiger partial charge on any atom is -0.366 e. The van der Waals surface area contributed by atoms with E-state index in [0.717, 1.165) is 18.9 Å². The molecule has 1 N–H and O–H groups in total. The number of nitrogens with one attached hydrogen (secondary N) is 1. The molecule has 1 aromatic heterocycles. The van der Waals surface area contributed by atoms with E-state index < -0.39 is 11.9 Å². The maximum absolute atomic E-state index is 12.3. The molecule has 0 aliphatic carbocycles.